The molecule has 13 rings (SSSR count). The molecule has 0 unspecified atom stereocenters. The highest BCUT2D eigenvalue weighted by Gasteiger charge is 2.33. The van der Waals surface area contributed by atoms with Gasteiger partial charge in [0.25, 0.3) is 0 Å². The van der Waals surface area contributed by atoms with Crippen molar-refractivity contribution in [2.45, 2.75) is 0 Å². The van der Waals surface area contributed by atoms with E-state index in [0.29, 0.717) is 17.0 Å². The first-order valence-corrected chi connectivity index (χ1v) is 20.2. The van der Waals surface area contributed by atoms with E-state index in [9.17, 15) is 6.57 Å². The summed E-state index contributed by atoms with van der Waals surface area (Å²) in [6.45, 7) is 9.44. The van der Waals surface area contributed by atoms with Gasteiger partial charge in [0.15, 0.2) is 5.58 Å². The van der Waals surface area contributed by atoms with Gasteiger partial charge < -0.3 is 18.1 Å². The summed E-state index contributed by atoms with van der Waals surface area (Å²) in [6, 6.07) is 68.3. The Bertz CT molecular complexity index is 3800. The Morgan fingerprint density at radius 3 is 1.13 bits per heavy atom. The van der Waals surface area contributed by atoms with E-state index in [1.807, 2.05) is 6.07 Å². The summed E-state index contributed by atoms with van der Waals surface area (Å²) >= 11 is 0. The molecular weight excluding hydrogens is 733 g/mol. The molecule has 0 fully saturated rings. The summed E-state index contributed by atoms with van der Waals surface area (Å²) in [5.74, 6) is 0. The minimum atomic E-state index is 0.498. The Kier molecular flexibility index (Phi) is 6.73. The zero-order valence-corrected chi connectivity index (χ0v) is 32.2. The lowest BCUT2D eigenvalue weighted by Crippen LogP contribution is -2.07. The first-order valence-electron chi connectivity index (χ1n) is 20.2. The fourth-order valence-corrected chi connectivity index (χ4v) is 10.0. The summed E-state index contributed by atoms with van der Waals surface area (Å²) in [5.41, 5.74) is 12.6. The normalized spacial score (nSPS) is 12.0. The second-order valence-electron chi connectivity index (χ2n) is 15.5. The maximum Gasteiger partial charge on any atom is 0.239 e. The Labute approximate surface area is 343 Å². The molecule has 0 bridgehead atoms. The largest absolute Gasteiger partial charge is 0.454 e. The molecule has 13 aromatic rings. The molecule has 0 atom stereocenters. The summed E-state index contributed by atoms with van der Waals surface area (Å²) < 4.78 is 14.5. The molecule has 0 amide bonds. The van der Waals surface area contributed by atoms with E-state index in [-0.39, 0.29) is 0 Å². The number of fused-ring (bicyclic) bond motifs is 12. The van der Waals surface area contributed by atoms with Crippen LogP contribution in [0.4, 0.5) is 5.69 Å². The topological polar surface area (TPSA) is 32.3 Å². The van der Waals surface area contributed by atoms with E-state index in [1.165, 1.54) is 0 Å². The summed E-state index contributed by atoms with van der Waals surface area (Å²) in [4.78, 5) is 4.68. The van der Waals surface area contributed by atoms with Gasteiger partial charge in [-0.25, -0.2) is 4.85 Å². The smallest absolute Gasteiger partial charge is 0.239 e. The fraction of sp³-hybridized carbons (Fsp3) is 0. The highest BCUT2D eigenvalue weighted by atomic mass is 16.3. The molecule has 5 nitrogen and oxygen atoms in total. The van der Waals surface area contributed by atoms with Crippen LogP contribution >= 0.6 is 0 Å². The van der Waals surface area contributed by atoms with E-state index in [4.69, 9.17) is 4.42 Å². The maximum atomic E-state index is 9.44. The Morgan fingerprint density at radius 1 is 0.333 bits per heavy atom. The van der Waals surface area contributed by atoms with Crippen LogP contribution in [0.5, 0.6) is 0 Å². The summed E-state index contributed by atoms with van der Waals surface area (Å²) in [5, 5.41) is 8.68. The highest BCUT2D eigenvalue weighted by molar-refractivity contribution is 6.23. The van der Waals surface area contributed by atoms with Gasteiger partial charge >= 0.3 is 0 Å². The number of hydrogen-bond donors (Lipinski definition) is 0. The van der Waals surface area contributed by atoms with Crippen molar-refractivity contribution in [1.82, 2.24) is 13.7 Å². The molecule has 0 N–H and O–H groups in total. The lowest BCUT2D eigenvalue weighted by atomic mass is 10.00. The van der Waals surface area contributed by atoms with Crippen molar-refractivity contribution in [3.63, 3.8) is 0 Å². The third kappa shape index (κ3) is 4.29. The fourth-order valence-electron chi connectivity index (χ4n) is 10.0. The minimum absolute atomic E-state index is 0.498. The van der Waals surface area contributed by atoms with Crippen molar-refractivity contribution in [2.75, 3.05) is 0 Å². The molecule has 9 aromatic carbocycles. The first kappa shape index (κ1) is 32.7. The second-order valence-corrected chi connectivity index (χ2v) is 15.5. The van der Waals surface area contributed by atoms with Crippen molar-refractivity contribution in [2.24, 2.45) is 0 Å². The van der Waals surface area contributed by atoms with E-state index >= 15 is 0 Å². The predicted molar refractivity (Wildman–Crippen MR) is 248 cm³/mol. The van der Waals surface area contributed by atoms with Crippen LogP contribution in [-0.2, 0) is 0 Å². The molecule has 4 aromatic heterocycles. The number of furan rings is 1. The summed E-state index contributed by atoms with van der Waals surface area (Å²) in [6.07, 6.45) is 0. The third-order valence-corrected chi connectivity index (χ3v) is 12.4. The third-order valence-electron chi connectivity index (χ3n) is 12.4. The van der Waals surface area contributed by atoms with Crippen molar-refractivity contribution in [3.05, 3.63) is 206 Å². The van der Waals surface area contributed by atoms with Gasteiger partial charge in [-0.2, -0.15) is 0 Å². The molecule has 0 aliphatic rings. The molecular formula is C55H32N4O. The molecule has 278 valence electrons. The lowest BCUT2D eigenvalue weighted by molar-refractivity contribution is 0.667. The zero-order chi connectivity index (χ0) is 39.5. The molecule has 0 saturated carbocycles. The molecule has 0 spiro atoms. The average Bonchev–Trinajstić information content (AvgIpc) is 4.06. The Morgan fingerprint density at radius 2 is 0.700 bits per heavy atom. The van der Waals surface area contributed by atoms with Gasteiger partial charge in [-0.05, 0) is 42.0 Å². The molecule has 60 heavy (non-hydrogen) atoms. The first-order chi connectivity index (χ1) is 29.8. The van der Waals surface area contributed by atoms with Gasteiger partial charge in [0.2, 0.25) is 5.69 Å². The SMILES string of the molecule is [C-]#[N+]c1c(-n2c3ccccc3c3ccccc32)c(-n2c3ccccc3c3ccccc32)c2c(oc3c(-c4ccccc4)cccc32)c1-n1c2ccccc2c2ccccc21. The second kappa shape index (κ2) is 12.3. The quantitative estimate of drug-likeness (QED) is 0.164. The van der Waals surface area contributed by atoms with E-state index < -0.39 is 0 Å². The van der Waals surface area contributed by atoms with Crippen LogP contribution in [0.2, 0.25) is 0 Å². The van der Waals surface area contributed by atoms with Crippen LogP contribution in [0.3, 0.4) is 0 Å². The molecule has 5 heteroatoms. The van der Waals surface area contributed by atoms with Crippen LogP contribution in [-0.4, -0.2) is 13.7 Å². The van der Waals surface area contributed by atoms with Gasteiger partial charge in [-0.3, -0.25) is 0 Å². The number of aromatic nitrogens is 3. The van der Waals surface area contributed by atoms with Crippen molar-refractivity contribution >= 4 is 93.0 Å². The van der Waals surface area contributed by atoms with Gasteiger partial charge in [0.05, 0.1) is 62.1 Å². The van der Waals surface area contributed by atoms with Gasteiger partial charge in [-0.1, -0.05) is 158 Å². The monoisotopic (exact) mass is 764 g/mol. The van der Waals surface area contributed by atoms with Crippen molar-refractivity contribution < 1.29 is 4.42 Å². The lowest BCUT2D eigenvalue weighted by Gasteiger charge is -2.23. The van der Waals surface area contributed by atoms with Crippen molar-refractivity contribution in [1.29, 1.82) is 0 Å². The van der Waals surface area contributed by atoms with Crippen LogP contribution in [0.15, 0.2) is 199 Å². The average molecular weight is 765 g/mol. The standard InChI is InChI=1S/C55H32N4O/c1-56-50-52(58-45-30-13-7-22-38(45)39-23-8-14-31-46(39)58)51(57-43-28-11-5-20-36(43)37-21-6-12-29-44(37)57)49-42-27-17-26-35(34-18-3-2-4-19-34)54(42)60-55(49)53(50)59-47-32-15-9-24-40(47)41-25-10-16-33-48(41)59/h2-33H. The van der Waals surface area contributed by atoms with Crippen LogP contribution in [0, 0.1) is 6.57 Å². The molecule has 4 heterocycles. The molecule has 0 aliphatic heterocycles. The number of hydrogen-bond acceptors (Lipinski definition) is 1. The predicted octanol–water partition coefficient (Wildman–Crippen LogP) is 15.1. The van der Waals surface area contributed by atoms with Crippen molar-refractivity contribution in [3.8, 4) is 28.2 Å². The minimum Gasteiger partial charge on any atom is -0.454 e. The van der Waals surface area contributed by atoms with E-state index in [2.05, 4.69) is 207 Å². The number of benzene rings is 9. The van der Waals surface area contributed by atoms with Crippen LogP contribution in [0.25, 0.3) is 120 Å². The number of rotatable bonds is 4. The van der Waals surface area contributed by atoms with E-state index in [1.54, 1.807) is 0 Å². The highest BCUT2D eigenvalue weighted by Crippen LogP contribution is 2.53. The molecule has 0 radical (unpaired) electrons. The van der Waals surface area contributed by atoms with E-state index in [0.717, 1.165) is 104 Å². The van der Waals surface area contributed by atoms with Gasteiger partial charge in [0.1, 0.15) is 5.58 Å². The number of para-hydroxylation sites is 7. The Balaban J connectivity index is 1.37. The van der Waals surface area contributed by atoms with Crippen LogP contribution in [0.1, 0.15) is 0 Å². The summed E-state index contributed by atoms with van der Waals surface area (Å²) in [7, 11) is 0. The maximum absolute atomic E-state index is 9.44. The molecule has 0 aliphatic carbocycles. The molecule has 0 saturated heterocycles. The Hall–Kier alpha value is -8.33. The van der Waals surface area contributed by atoms with Gasteiger partial charge in [0, 0.05) is 43.3 Å². The van der Waals surface area contributed by atoms with Crippen LogP contribution < -0.4 is 0 Å². The van der Waals surface area contributed by atoms with Gasteiger partial charge in [-0.15, -0.1) is 0 Å². The zero-order valence-electron chi connectivity index (χ0n) is 32.2. The number of nitrogens with zero attached hydrogens (tertiary/aromatic N) is 4.